The van der Waals surface area contributed by atoms with Crippen LogP contribution in [0.5, 0.6) is 0 Å². The maximum Gasteiger partial charge on any atom is 2.00 e. The number of hydrogen-bond acceptors (Lipinski definition) is 0. The first-order chi connectivity index (χ1) is 8.19. The van der Waals surface area contributed by atoms with E-state index in [1.54, 1.807) is 24.3 Å². The van der Waals surface area contributed by atoms with Gasteiger partial charge in [-0.1, -0.05) is 13.0 Å². The van der Waals surface area contributed by atoms with Crippen LogP contribution in [0.1, 0.15) is 13.3 Å². The molecule has 0 aliphatic rings. The molecule has 0 amide bonds. The van der Waals surface area contributed by atoms with Gasteiger partial charge in [-0.2, -0.15) is 36.8 Å². The third kappa shape index (κ3) is 5.15. The van der Waals surface area contributed by atoms with E-state index in [0.29, 0.717) is 5.56 Å². The summed E-state index contributed by atoms with van der Waals surface area (Å²) >= 11 is 0. The molecule has 0 heterocycles. The van der Waals surface area contributed by atoms with Gasteiger partial charge in [0.1, 0.15) is 11.6 Å². The molecule has 0 nitrogen and oxygen atoms in total. The van der Waals surface area contributed by atoms with Crippen molar-refractivity contribution in [3.8, 4) is 11.1 Å². The van der Waals surface area contributed by atoms with Crippen LogP contribution in [0.25, 0.3) is 11.1 Å². The Labute approximate surface area is 123 Å². The van der Waals surface area contributed by atoms with Gasteiger partial charge in [-0.25, -0.2) is 8.78 Å². The molecule has 0 N–H and O–H groups in total. The summed E-state index contributed by atoms with van der Waals surface area (Å²) in [5, 5.41) is 0. The van der Waals surface area contributed by atoms with Gasteiger partial charge in [0.05, 0.1) is 0 Å². The van der Waals surface area contributed by atoms with Crippen molar-refractivity contribution in [3.05, 3.63) is 67.1 Å². The largest absolute Gasteiger partial charge is 2.00 e. The molecule has 0 unspecified atom stereocenters. The van der Waals surface area contributed by atoms with Crippen molar-refractivity contribution < 1.29 is 8.78 Å². The molecule has 90 valence electrons. The Morgan fingerprint density at radius 1 is 1.11 bits per heavy atom. The second kappa shape index (κ2) is 9.06. The Hall–Kier alpha value is -0.934. The van der Waals surface area contributed by atoms with E-state index in [-0.39, 0.29) is 23.1 Å². The molecule has 2 rings (SSSR count). The number of benzene rings is 2. The average molecular weight is 257 g/mol. The number of hydrogen-bond donors (Lipinski definition) is 0. The van der Waals surface area contributed by atoms with Gasteiger partial charge in [0.15, 0.2) is 0 Å². The molecule has 0 saturated carbocycles. The van der Waals surface area contributed by atoms with Crippen LogP contribution < -0.4 is 0 Å². The van der Waals surface area contributed by atoms with Crippen molar-refractivity contribution in [3.63, 3.8) is 0 Å². The van der Waals surface area contributed by atoms with E-state index in [4.69, 9.17) is 0 Å². The molecule has 0 aliphatic carbocycles. The van der Waals surface area contributed by atoms with Crippen molar-refractivity contribution in [1.29, 1.82) is 0 Å². The summed E-state index contributed by atoms with van der Waals surface area (Å²) in [5.41, 5.74) is 1.13. The molecule has 0 atom stereocenters. The van der Waals surface area contributed by atoms with E-state index >= 15 is 0 Å². The van der Waals surface area contributed by atoms with E-state index in [9.17, 15) is 8.78 Å². The quantitative estimate of drug-likeness (QED) is 0.528. The first-order valence-corrected chi connectivity index (χ1v) is 5.39. The van der Waals surface area contributed by atoms with Gasteiger partial charge in [0, 0.05) is 6.07 Å². The standard InChI is InChI=1S/C12H7F2.C3H7.Mg/c13-10-6-7-11(12(14)8-10)9-4-2-1-3-5-9;1-3-2;/h2-8H;1,3H2,2H3;/q2*-1;+2. The topological polar surface area (TPSA) is 0 Å². The van der Waals surface area contributed by atoms with Crippen LogP contribution in [0.15, 0.2) is 42.5 Å². The minimum Gasteiger partial charge on any atom is -0.344 e. The second-order valence-electron chi connectivity index (χ2n) is 3.41. The molecule has 0 aromatic heterocycles. The summed E-state index contributed by atoms with van der Waals surface area (Å²) in [6.45, 7) is 5.50. The Morgan fingerprint density at radius 3 is 2.17 bits per heavy atom. The minimum absolute atomic E-state index is 0. The molecule has 2 aromatic rings. The zero-order valence-electron chi connectivity index (χ0n) is 10.4. The van der Waals surface area contributed by atoms with Gasteiger partial charge in [-0.3, -0.25) is 0 Å². The van der Waals surface area contributed by atoms with Crippen molar-refractivity contribution in [2.75, 3.05) is 0 Å². The van der Waals surface area contributed by atoms with Crippen molar-refractivity contribution in [2.24, 2.45) is 0 Å². The van der Waals surface area contributed by atoms with Gasteiger partial charge in [0.2, 0.25) is 0 Å². The van der Waals surface area contributed by atoms with Gasteiger partial charge in [-0.05, 0) is 11.6 Å². The summed E-state index contributed by atoms with van der Waals surface area (Å²) in [7, 11) is 0. The third-order valence-electron chi connectivity index (χ3n) is 1.96. The van der Waals surface area contributed by atoms with Crippen LogP contribution in [0.4, 0.5) is 8.78 Å². The van der Waals surface area contributed by atoms with Crippen LogP contribution in [0, 0.1) is 24.6 Å². The molecule has 0 bridgehead atoms. The van der Waals surface area contributed by atoms with E-state index < -0.39 is 11.6 Å². The molecule has 0 saturated heterocycles. The monoisotopic (exact) mass is 256 g/mol. The summed E-state index contributed by atoms with van der Waals surface area (Å²) < 4.78 is 25.9. The Morgan fingerprint density at radius 2 is 1.67 bits per heavy atom. The third-order valence-corrected chi connectivity index (χ3v) is 1.96. The maximum absolute atomic E-state index is 13.3. The van der Waals surface area contributed by atoms with Gasteiger partial charge in [0.25, 0.3) is 0 Å². The maximum atomic E-state index is 13.3. The number of rotatable bonds is 1. The summed E-state index contributed by atoms with van der Waals surface area (Å²) in [6.07, 6.45) is 1.00. The first kappa shape index (κ1) is 17.1. The summed E-state index contributed by atoms with van der Waals surface area (Å²) in [6, 6.07) is 13.2. The molecule has 3 heteroatoms. The van der Waals surface area contributed by atoms with E-state index in [0.717, 1.165) is 18.1 Å². The van der Waals surface area contributed by atoms with Crippen LogP contribution in [-0.2, 0) is 0 Å². The zero-order chi connectivity index (χ0) is 12.7. The van der Waals surface area contributed by atoms with Crippen LogP contribution >= 0.6 is 0 Å². The first-order valence-electron chi connectivity index (χ1n) is 5.39. The fraction of sp³-hybridized carbons (Fsp3) is 0.133. The SMILES string of the molecule is Fc1ccc(-c2cc[c-]cc2)c(F)c1.[CH2-]CC.[Mg+2]. The number of halogens is 2. The Balaban J connectivity index is 0.000000660. The van der Waals surface area contributed by atoms with Crippen LogP contribution in [0.2, 0.25) is 0 Å². The van der Waals surface area contributed by atoms with Crippen molar-refractivity contribution in [1.82, 2.24) is 0 Å². The molecule has 0 radical (unpaired) electrons. The van der Waals surface area contributed by atoms with Gasteiger partial charge in [-0.15, -0.1) is 5.56 Å². The molecular formula is C15H14F2Mg. The molecule has 0 fully saturated rings. The molecule has 0 aliphatic heterocycles. The molecule has 18 heavy (non-hydrogen) atoms. The molecule has 2 aromatic carbocycles. The smallest absolute Gasteiger partial charge is 0.344 e. The van der Waals surface area contributed by atoms with E-state index in [1.165, 1.54) is 12.1 Å². The van der Waals surface area contributed by atoms with Crippen molar-refractivity contribution in [2.45, 2.75) is 13.3 Å². The van der Waals surface area contributed by atoms with E-state index in [2.05, 4.69) is 13.0 Å². The Kier molecular flexibility index (Phi) is 8.59. The molecule has 0 spiro atoms. The minimum atomic E-state index is -0.561. The van der Waals surface area contributed by atoms with E-state index in [1.807, 2.05) is 6.92 Å². The predicted molar refractivity (Wildman–Crippen MR) is 72.0 cm³/mol. The van der Waals surface area contributed by atoms with Crippen LogP contribution in [-0.4, -0.2) is 23.1 Å². The fourth-order valence-electron chi connectivity index (χ4n) is 1.29. The van der Waals surface area contributed by atoms with Gasteiger partial charge < -0.3 is 6.92 Å². The predicted octanol–water partition coefficient (Wildman–Crippen LogP) is 4.28. The second-order valence-corrected chi connectivity index (χ2v) is 3.41. The fourth-order valence-corrected chi connectivity index (χ4v) is 1.29. The average Bonchev–Trinajstić information content (AvgIpc) is 2.31. The Bertz CT molecular complexity index is 455. The van der Waals surface area contributed by atoms with Crippen LogP contribution in [0.3, 0.4) is 0 Å². The van der Waals surface area contributed by atoms with Crippen molar-refractivity contribution >= 4 is 23.1 Å². The zero-order valence-corrected chi connectivity index (χ0v) is 11.8. The summed E-state index contributed by atoms with van der Waals surface area (Å²) in [4.78, 5) is 0. The van der Waals surface area contributed by atoms with Gasteiger partial charge >= 0.3 is 23.1 Å². The molecular weight excluding hydrogens is 242 g/mol. The summed E-state index contributed by atoms with van der Waals surface area (Å²) in [5.74, 6) is -1.11. The normalized spacial score (nSPS) is 8.89.